The number of aromatic nitrogens is 3. The fourth-order valence-electron chi connectivity index (χ4n) is 5.55. The molecule has 0 aromatic carbocycles. The van der Waals surface area contributed by atoms with Gasteiger partial charge in [0.05, 0.1) is 11.3 Å². The highest BCUT2D eigenvalue weighted by Crippen LogP contribution is 2.41. The molecule has 2 aromatic rings. The molecule has 6 heteroatoms. The number of likely N-dealkylation sites (tertiary alicyclic amines) is 1. The Kier molecular flexibility index (Phi) is 5.00. The number of ether oxygens (including phenoxy) is 1. The van der Waals surface area contributed by atoms with Gasteiger partial charge in [-0.25, -0.2) is 0 Å². The average molecular weight is 394 g/mol. The molecule has 0 amide bonds. The molecular formula is C23H31N5O. The van der Waals surface area contributed by atoms with Crippen LogP contribution in [0.25, 0.3) is 11.3 Å². The highest BCUT2D eigenvalue weighted by Gasteiger charge is 2.44. The van der Waals surface area contributed by atoms with Crippen molar-refractivity contribution in [2.24, 2.45) is 11.8 Å². The zero-order valence-corrected chi connectivity index (χ0v) is 17.4. The van der Waals surface area contributed by atoms with E-state index in [4.69, 9.17) is 4.74 Å². The van der Waals surface area contributed by atoms with Gasteiger partial charge in [-0.15, -0.1) is 10.2 Å². The lowest BCUT2D eigenvalue weighted by molar-refractivity contribution is -0.0811. The van der Waals surface area contributed by atoms with E-state index >= 15 is 0 Å². The maximum absolute atomic E-state index is 5.92. The Balaban J connectivity index is 1.15. The Bertz CT molecular complexity index is 811. The maximum Gasteiger partial charge on any atom is 0.148 e. The summed E-state index contributed by atoms with van der Waals surface area (Å²) in [7, 11) is 0. The average Bonchev–Trinajstić information content (AvgIpc) is 3.27. The third kappa shape index (κ3) is 4.14. The number of fused-ring (bicyclic) bond motifs is 1. The second-order valence-corrected chi connectivity index (χ2v) is 9.59. The molecule has 2 aromatic heterocycles. The molecule has 3 aliphatic rings. The Labute approximate surface area is 173 Å². The molecule has 2 unspecified atom stereocenters. The van der Waals surface area contributed by atoms with Crippen LogP contribution in [0.15, 0.2) is 36.7 Å². The summed E-state index contributed by atoms with van der Waals surface area (Å²) in [5.41, 5.74) is 1.89. The van der Waals surface area contributed by atoms with Crippen LogP contribution in [0, 0.1) is 11.8 Å². The normalized spacial score (nSPS) is 31.5. The van der Waals surface area contributed by atoms with Crippen LogP contribution in [0.1, 0.15) is 39.5 Å². The number of nitrogens with one attached hydrogen (secondary N) is 1. The first-order valence-electron chi connectivity index (χ1n) is 10.9. The smallest absolute Gasteiger partial charge is 0.148 e. The standard InChI is InChI=1S/C23H31N5O/c1-23(2)12-20(7-9-29-23)28-14-17-10-19(11-18(17)15-28)25-22-6-5-21(26-27-22)16-4-3-8-24-13-16/h3-6,8,13,17-20H,7,9-12,14-15H2,1-2H3,(H,25,27)/t17-,18+,19?,20?. The third-order valence-electron chi connectivity index (χ3n) is 6.94. The number of nitrogens with zero attached hydrogens (tertiary/aromatic N) is 4. The van der Waals surface area contributed by atoms with Crippen molar-refractivity contribution in [3.05, 3.63) is 36.7 Å². The fourth-order valence-corrected chi connectivity index (χ4v) is 5.55. The van der Waals surface area contributed by atoms with E-state index in [0.717, 1.165) is 41.9 Å². The van der Waals surface area contributed by atoms with Crippen molar-refractivity contribution in [1.29, 1.82) is 0 Å². The molecule has 5 rings (SSSR count). The molecular weight excluding hydrogens is 362 g/mol. The lowest BCUT2D eigenvalue weighted by atomic mass is 9.93. The van der Waals surface area contributed by atoms with Gasteiger partial charge in [0.25, 0.3) is 0 Å². The summed E-state index contributed by atoms with van der Waals surface area (Å²) >= 11 is 0. The molecule has 154 valence electrons. The van der Waals surface area contributed by atoms with Crippen LogP contribution in [0.5, 0.6) is 0 Å². The summed E-state index contributed by atoms with van der Waals surface area (Å²) in [5, 5.41) is 12.4. The van der Waals surface area contributed by atoms with Crippen LogP contribution >= 0.6 is 0 Å². The predicted octanol–water partition coefficient (Wildman–Crippen LogP) is 3.62. The third-order valence-corrected chi connectivity index (χ3v) is 6.94. The molecule has 1 aliphatic carbocycles. The molecule has 0 radical (unpaired) electrons. The van der Waals surface area contributed by atoms with Gasteiger partial charge in [-0.3, -0.25) is 9.88 Å². The number of anilines is 1. The highest BCUT2D eigenvalue weighted by molar-refractivity contribution is 5.58. The largest absolute Gasteiger partial charge is 0.375 e. The minimum absolute atomic E-state index is 0.0331. The second-order valence-electron chi connectivity index (χ2n) is 9.59. The Morgan fingerprint density at radius 3 is 2.59 bits per heavy atom. The van der Waals surface area contributed by atoms with Gasteiger partial charge in [-0.05, 0) is 75.6 Å². The summed E-state index contributed by atoms with van der Waals surface area (Å²) in [6, 6.07) is 9.20. The molecule has 2 saturated heterocycles. The summed E-state index contributed by atoms with van der Waals surface area (Å²) < 4.78 is 5.92. The van der Waals surface area contributed by atoms with Gasteiger partial charge >= 0.3 is 0 Å². The summed E-state index contributed by atoms with van der Waals surface area (Å²) in [5.74, 6) is 2.49. The Morgan fingerprint density at radius 1 is 1.10 bits per heavy atom. The van der Waals surface area contributed by atoms with Crippen LogP contribution in [-0.2, 0) is 4.74 Å². The number of hydrogen-bond acceptors (Lipinski definition) is 6. The zero-order valence-electron chi connectivity index (χ0n) is 17.4. The van der Waals surface area contributed by atoms with Crippen molar-refractivity contribution < 1.29 is 4.74 Å². The van der Waals surface area contributed by atoms with Crippen molar-refractivity contribution in [1.82, 2.24) is 20.1 Å². The molecule has 0 bridgehead atoms. The van der Waals surface area contributed by atoms with E-state index in [2.05, 4.69) is 39.2 Å². The number of hydrogen-bond donors (Lipinski definition) is 1. The number of pyridine rings is 1. The highest BCUT2D eigenvalue weighted by atomic mass is 16.5. The summed E-state index contributed by atoms with van der Waals surface area (Å²) in [6.45, 7) is 7.86. The van der Waals surface area contributed by atoms with Crippen molar-refractivity contribution in [3.8, 4) is 11.3 Å². The minimum atomic E-state index is 0.0331. The molecule has 0 spiro atoms. The van der Waals surface area contributed by atoms with Crippen LogP contribution in [-0.4, -0.2) is 57.5 Å². The first-order chi connectivity index (χ1) is 14.1. The van der Waals surface area contributed by atoms with E-state index in [1.54, 1.807) is 6.20 Å². The second kappa shape index (κ2) is 7.65. The van der Waals surface area contributed by atoms with E-state index in [0.29, 0.717) is 12.1 Å². The summed E-state index contributed by atoms with van der Waals surface area (Å²) in [4.78, 5) is 6.90. The van der Waals surface area contributed by atoms with Gasteiger partial charge in [-0.1, -0.05) is 0 Å². The van der Waals surface area contributed by atoms with Gasteiger partial charge in [0.2, 0.25) is 0 Å². The molecule has 1 saturated carbocycles. The molecule has 2 aliphatic heterocycles. The Hall–Kier alpha value is -2.05. The van der Waals surface area contributed by atoms with E-state index in [-0.39, 0.29) is 5.60 Å². The maximum atomic E-state index is 5.92. The van der Waals surface area contributed by atoms with Crippen molar-refractivity contribution in [2.75, 3.05) is 25.0 Å². The lowest BCUT2D eigenvalue weighted by Crippen LogP contribution is -2.45. The zero-order chi connectivity index (χ0) is 19.8. The monoisotopic (exact) mass is 393 g/mol. The van der Waals surface area contributed by atoms with E-state index < -0.39 is 0 Å². The summed E-state index contributed by atoms with van der Waals surface area (Å²) in [6.07, 6.45) is 8.41. The predicted molar refractivity (Wildman–Crippen MR) is 114 cm³/mol. The fraction of sp³-hybridized carbons (Fsp3) is 0.609. The van der Waals surface area contributed by atoms with Gasteiger partial charge < -0.3 is 10.1 Å². The first kappa shape index (κ1) is 18.9. The lowest BCUT2D eigenvalue weighted by Gasteiger charge is -2.40. The van der Waals surface area contributed by atoms with Gasteiger partial charge in [-0.2, -0.15) is 0 Å². The van der Waals surface area contributed by atoms with Crippen molar-refractivity contribution in [2.45, 2.75) is 57.2 Å². The molecule has 1 N–H and O–H groups in total. The van der Waals surface area contributed by atoms with Crippen molar-refractivity contribution >= 4 is 5.82 Å². The molecule has 3 fully saturated rings. The SMILES string of the molecule is CC1(C)CC(N2C[C@H]3CC(Nc4ccc(-c5cccnc5)nn4)C[C@H]3C2)CCO1. The van der Waals surface area contributed by atoms with E-state index in [1.807, 2.05) is 30.5 Å². The molecule has 4 heterocycles. The topological polar surface area (TPSA) is 63.2 Å². The first-order valence-corrected chi connectivity index (χ1v) is 10.9. The Morgan fingerprint density at radius 2 is 1.93 bits per heavy atom. The van der Waals surface area contributed by atoms with Crippen LogP contribution < -0.4 is 5.32 Å². The van der Waals surface area contributed by atoms with Gasteiger partial charge in [0.1, 0.15) is 5.82 Å². The number of rotatable bonds is 4. The van der Waals surface area contributed by atoms with E-state index in [1.165, 1.54) is 32.4 Å². The van der Waals surface area contributed by atoms with Gasteiger partial charge in [0, 0.05) is 49.7 Å². The van der Waals surface area contributed by atoms with Crippen LogP contribution in [0.4, 0.5) is 5.82 Å². The van der Waals surface area contributed by atoms with E-state index in [9.17, 15) is 0 Å². The van der Waals surface area contributed by atoms with Crippen molar-refractivity contribution in [3.63, 3.8) is 0 Å². The molecule has 29 heavy (non-hydrogen) atoms. The van der Waals surface area contributed by atoms with Crippen LogP contribution in [0.3, 0.4) is 0 Å². The molecule has 6 nitrogen and oxygen atoms in total. The minimum Gasteiger partial charge on any atom is -0.375 e. The van der Waals surface area contributed by atoms with Crippen LogP contribution in [0.2, 0.25) is 0 Å². The quantitative estimate of drug-likeness (QED) is 0.856. The van der Waals surface area contributed by atoms with Gasteiger partial charge in [0.15, 0.2) is 0 Å². The molecule has 4 atom stereocenters.